The standard InChI is InChI=1S/C16H21NO2/c1-4-6-16(19)17-11(3)9-13-10-12(15(18)5-2)7-8-14(13)17/h7-8,10-11H,4-6,9H2,1-3H3. The van der Waals surface area contributed by atoms with Gasteiger partial charge >= 0.3 is 0 Å². The first kappa shape index (κ1) is 13.8. The summed E-state index contributed by atoms with van der Waals surface area (Å²) >= 11 is 0. The van der Waals surface area contributed by atoms with Crippen LogP contribution in [0.4, 0.5) is 5.69 Å². The average molecular weight is 259 g/mol. The summed E-state index contributed by atoms with van der Waals surface area (Å²) in [5.74, 6) is 0.345. The Kier molecular flexibility index (Phi) is 4.03. The Morgan fingerprint density at radius 2 is 2.05 bits per heavy atom. The van der Waals surface area contributed by atoms with E-state index < -0.39 is 0 Å². The highest BCUT2D eigenvalue weighted by Gasteiger charge is 2.30. The summed E-state index contributed by atoms with van der Waals surface area (Å²) in [6, 6.07) is 5.92. The van der Waals surface area contributed by atoms with E-state index in [1.807, 2.05) is 36.9 Å². The third-order valence-corrected chi connectivity index (χ3v) is 3.67. The molecule has 0 fully saturated rings. The van der Waals surface area contributed by atoms with Crippen LogP contribution in [0.1, 0.15) is 56.0 Å². The molecule has 2 rings (SSSR count). The van der Waals surface area contributed by atoms with Crippen LogP contribution in [0.2, 0.25) is 0 Å². The number of nitrogens with zero attached hydrogens (tertiary/aromatic N) is 1. The number of fused-ring (bicyclic) bond motifs is 1. The van der Waals surface area contributed by atoms with E-state index in [0.717, 1.165) is 29.7 Å². The number of carbonyl (C=O) groups excluding carboxylic acids is 2. The molecule has 19 heavy (non-hydrogen) atoms. The molecule has 102 valence electrons. The van der Waals surface area contributed by atoms with Gasteiger partial charge in [-0.3, -0.25) is 9.59 Å². The summed E-state index contributed by atoms with van der Waals surface area (Å²) in [5.41, 5.74) is 2.87. The van der Waals surface area contributed by atoms with Crippen molar-refractivity contribution in [2.24, 2.45) is 0 Å². The molecule has 0 saturated heterocycles. The van der Waals surface area contributed by atoms with Gasteiger partial charge in [0.25, 0.3) is 0 Å². The molecule has 0 N–H and O–H groups in total. The number of ketones is 1. The van der Waals surface area contributed by atoms with Crippen molar-refractivity contribution >= 4 is 17.4 Å². The van der Waals surface area contributed by atoms with Crippen LogP contribution in [-0.4, -0.2) is 17.7 Å². The summed E-state index contributed by atoms with van der Waals surface area (Å²) < 4.78 is 0. The first-order chi connectivity index (χ1) is 9.08. The average Bonchev–Trinajstić information content (AvgIpc) is 2.72. The van der Waals surface area contributed by atoms with E-state index in [-0.39, 0.29) is 17.7 Å². The predicted octanol–water partition coefficient (Wildman–Crippen LogP) is 3.36. The Labute approximate surface area is 114 Å². The largest absolute Gasteiger partial charge is 0.309 e. The van der Waals surface area contributed by atoms with Gasteiger partial charge in [0.05, 0.1) is 0 Å². The van der Waals surface area contributed by atoms with Crippen LogP contribution >= 0.6 is 0 Å². The molecule has 1 aromatic carbocycles. The van der Waals surface area contributed by atoms with Gasteiger partial charge in [-0.15, -0.1) is 0 Å². The predicted molar refractivity (Wildman–Crippen MR) is 76.6 cm³/mol. The molecule has 3 nitrogen and oxygen atoms in total. The second-order valence-corrected chi connectivity index (χ2v) is 5.19. The molecule has 1 aliphatic rings. The molecule has 1 amide bonds. The van der Waals surface area contributed by atoms with Crippen molar-refractivity contribution in [2.75, 3.05) is 4.90 Å². The lowest BCUT2D eigenvalue weighted by Gasteiger charge is -2.22. The van der Waals surface area contributed by atoms with E-state index in [2.05, 4.69) is 6.92 Å². The molecule has 1 aliphatic heterocycles. The van der Waals surface area contributed by atoms with E-state index in [0.29, 0.717) is 12.8 Å². The van der Waals surface area contributed by atoms with E-state index in [1.54, 1.807) is 0 Å². The van der Waals surface area contributed by atoms with Gasteiger partial charge in [0, 0.05) is 30.1 Å². The van der Waals surface area contributed by atoms with Gasteiger partial charge in [0.15, 0.2) is 5.78 Å². The van der Waals surface area contributed by atoms with Crippen molar-refractivity contribution in [1.82, 2.24) is 0 Å². The smallest absolute Gasteiger partial charge is 0.227 e. The van der Waals surface area contributed by atoms with Crippen LogP contribution in [0.3, 0.4) is 0 Å². The quantitative estimate of drug-likeness (QED) is 0.777. The van der Waals surface area contributed by atoms with E-state index in [9.17, 15) is 9.59 Å². The van der Waals surface area contributed by atoms with Crippen molar-refractivity contribution in [3.63, 3.8) is 0 Å². The Hall–Kier alpha value is -1.64. The van der Waals surface area contributed by atoms with Crippen LogP contribution in [0, 0.1) is 0 Å². The summed E-state index contributed by atoms with van der Waals surface area (Å²) in [7, 11) is 0. The monoisotopic (exact) mass is 259 g/mol. The molecule has 1 atom stereocenters. The molecule has 0 radical (unpaired) electrons. The third kappa shape index (κ3) is 2.55. The molecule has 0 bridgehead atoms. The lowest BCUT2D eigenvalue weighted by molar-refractivity contribution is -0.118. The fourth-order valence-corrected chi connectivity index (χ4v) is 2.72. The minimum Gasteiger partial charge on any atom is -0.309 e. The van der Waals surface area contributed by atoms with Gasteiger partial charge < -0.3 is 4.90 Å². The van der Waals surface area contributed by atoms with E-state index >= 15 is 0 Å². The summed E-state index contributed by atoms with van der Waals surface area (Å²) in [6.45, 7) is 5.95. The number of rotatable bonds is 4. The highest BCUT2D eigenvalue weighted by Crippen LogP contribution is 2.33. The fourth-order valence-electron chi connectivity index (χ4n) is 2.72. The van der Waals surface area contributed by atoms with Gasteiger partial charge in [-0.1, -0.05) is 13.8 Å². The molecule has 0 spiro atoms. The Balaban J connectivity index is 2.32. The Bertz CT molecular complexity index is 507. The maximum absolute atomic E-state index is 12.2. The molecule has 1 heterocycles. The molecule has 0 aromatic heterocycles. The number of amides is 1. The summed E-state index contributed by atoms with van der Waals surface area (Å²) in [5, 5.41) is 0. The highest BCUT2D eigenvalue weighted by molar-refractivity contribution is 5.99. The molecule has 0 saturated carbocycles. The zero-order valence-corrected chi connectivity index (χ0v) is 11.9. The lowest BCUT2D eigenvalue weighted by Crippen LogP contribution is -2.35. The van der Waals surface area contributed by atoms with Crippen molar-refractivity contribution in [3.8, 4) is 0 Å². The number of carbonyl (C=O) groups is 2. The lowest BCUT2D eigenvalue weighted by atomic mass is 10.0. The van der Waals surface area contributed by atoms with Crippen molar-refractivity contribution in [3.05, 3.63) is 29.3 Å². The minimum absolute atomic E-state index is 0.161. The number of benzene rings is 1. The van der Waals surface area contributed by atoms with E-state index in [1.165, 1.54) is 0 Å². The first-order valence-corrected chi connectivity index (χ1v) is 7.06. The van der Waals surface area contributed by atoms with Crippen LogP contribution in [0.15, 0.2) is 18.2 Å². The Morgan fingerprint density at radius 1 is 1.32 bits per heavy atom. The number of hydrogen-bond acceptors (Lipinski definition) is 2. The Morgan fingerprint density at radius 3 is 2.68 bits per heavy atom. The molecular formula is C16H21NO2. The number of hydrogen-bond donors (Lipinski definition) is 0. The normalized spacial score (nSPS) is 17.4. The van der Waals surface area contributed by atoms with Crippen LogP contribution in [0.25, 0.3) is 0 Å². The molecule has 3 heteroatoms. The van der Waals surface area contributed by atoms with Crippen molar-refractivity contribution in [1.29, 1.82) is 0 Å². The van der Waals surface area contributed by atoms with Crippen LogP contribution in [-0.2, 0) is 11.2 Å². The zero-order valence-electron chi connectivity index (χ0n) is 11.9. The van der Waals surface area contributed by atoms with Crippen molar-refractivity contribution < 1.29 is 9.59 Å². The number of anilines is 1. The van der Waals surface area contributed by atoms with Gasteiger partial charge in [0.2, 0.25) is 5.91 Å². The zero-order chi connectivity index (χ0) is 14.0. The summed E-state index contributed by atoms with van der Waals surface area (Å²) in [4.78, 5) is 25.8. The van der Waals surface area contributed by atoms with Gasteiger partial charge in [-0.2, -0.15) is 0 Å². The molecule has 1 aromatic rings. The molecule has 1 unspecified atom stereocenters. The molecular weight excluding hydrogens is 238 g/mol. The van der Waals surface area contributed by atoms with Crippen molar-refractivity contribution in [2.45, 2.75) is 52.5 Å². The second kappa shape index (κ2) is 5.55. The van der Waals surface area contributed by atoms with E-state index in [4.69, 9.17) is 0 Å². The van der Waals surface area contributed by atoms with Gasteiger partial charge in [0.1, 0.15) is 0 Å². The fraction of sp³-hybridized carbons (Fsp3) is 0.500. The SMILES string of the molecule is CCCC(=O)N1c2ccc(C(=O)CC)cc2CC1C. The minimum atomic E-state index is 0.161. The van der Waals surface area contributed by atoms with Crippen LogP contribution < -0.4 is 4.90 Å². The van der Waals surface area contributed by atoms with Crippen LogP contribution in [0.5, 0.6) is 0 Å². The first-order valence-electron chi connectivity index (χ1n) is 7.06. The number of Topliss-reactive ketones (excluding diaryl/α,β-unsaturated/α-hetero) is 1. The van der Waals surface area contributed by atoms with Gasteiger partial charge in [-0.25, -0.2) is 0 Å². The molecule has 0 aliphatic carbocycles. The maximum atomic E-state index is 12.2. The highest BCUT2D eigenvalue weighted by atomic mass is 16.2. The second-order valence-electron chi connectivity index (χ2n) is 5.19. The topological polar surface area (TPSA) is 37.4 Å². The van der Waals surface area contributed by atoms with Gasteiger partial charge in [-0.05, 0) is 43.5 Å². The third-order valence-electron chi connectivity index (χ3n) is 3.67. The maximum Gasteiger partial charge on any atom is 0.227 e. The summed E-state index contributed by atoms with van der Waals surface area (Å²) in [6.07, 6.45) is 2.81.